The zero-order valence-corrected chi connectivity index (χ0v) is 15.1. The second kappa shape index (κ2) is 5.65. The summed E-state index contributed by atoms with van der Waals surface area (Å²) in [6, 6.07) is 9.41. The third-order valence-corrected chi connectivity index (χ3v) is 6.45. The van der Waals surface area contributed by atoms with Crippen LogP contribution in [0.15, 0.2) is 60.3 Å². The molecule has 1 saturated carbocycles. The highest BCUT2D eigenvalue weighted by Gasteiger charge is 2.66. The first-order valence-corrected chi connectivity index (χ1v) is 9.56. The van der Waals surface area contributed by atoms with Crippen molar-refractivity contribution < 1.29 is 9.63 Å². The molecule has 3 N–H and O–H groups in total. The van der Waals surface area contributed by atoms with Gasteiger partial charge in [0.2, 0.25) is 5.91 Å². The summed E-state index contributed by atoms with van der Waals surface area (Å²) < 4.78 is 0. The molecule has 140 valence electrons. The van der Waals surface area contributed by atoms with E-state index in [0.717, 1.165) is 47.2 Å². The molecule has 6 rings (SSSR count). The van der Waals surface area contributed by atoms with Crippen LogP contribution in [0.4, 0.5) is 5.69 Å². The summed E-state index contributed by atoms with van der Waals surface area (Å²) in [5.41, 5.74) is 6.34. The monoisotopic (exact) mass is 373 g/mol. The molecule has 1 saturated heterocycles. The molecule has 3 heterocycles. The van der Waals surface area contributed by atoms with Crippen molar-refractivity contribution >= 4 is 22.5 Å². The predicted octanol–water partition coefficient (Wildman–Crippen LogP) is 3.23. The lowest BCUT2D eigenvalue weighted by Crippen LogP contribution is -2.45. The van der Waals surface area contributed by atoms with Gasteiger partial charge >= 0.3 is 0 Å². The van der Waals surface area contributed by atoms with Crippen molar-refractivity contribution in [3.8, 4) is 0 Å². The van der Waals surface area contributed by atoms with Gasteiger partial charge in [-0.3, -0.25) is 14.9 Å². The van der Waals surface area contributed by atoms with Crippen LogP contribution in [-0.2, 0) is 9.63 Å². The predicted molar refractivity (Wildman–Crippen MR) is 103 cm³/mol. The summed E-state index contributed by atoms with van der Waals surface area (Å²) in [6.45, 7) is 0. The summed E-state index contributed by atoms with van der Waals surface area (Å²) in [5.74, 6) is 1.03. The maximum atomic E-state index is 13.8. The van der Waals surface area contributed by atoms with Crippen LogP contribution in [0.1, 0.15) is 30.9 Å². The highest BCUT2D eigenvalue weighted by Crippen LogP contribution is 2.64. The molecule has 3 aliphatic rings. The first-order valence-electron chi connectivity index (χ1n) is 9.56. The van der Waals surface area contributed by atoms with Gasteiger partial charge in [0, 0.05) is 23.5 Å². The number of hydroxylamine groups is 1. The lowest BCUT2D eigenvalue weighted by molar-refractivity contribution is -0.127. The number of hydrogen-bond acceptors (Lipinski definition) is 5. The number of amides is 1. The molecule has 1 aromatic carbocycles. The second-order valence-corrected chi connectivity index (χ2v) is 7.81. The lowest BCUT2D eigenvalue weighted by Gasteiger charge is -2.35. The molecule has 2 aliphatic carbocycles. The van der Waals surface area contributed by atoms with Crippen molar-refractivity contribution in [2.45, 2.75) is 25.3 Å². The number of allylic oxidation sites excluding steroid dienone is 1. The SMILES string of the molecule is O=C(Nc1ccc2[nH]ncc2c1)C12C(=C3CCC1C3)ONC2c1cccnc1. The van der Waals surface area contributed by atoms with Crippen LogP contribution in [-0.4, -0.2) is 21.1 Å². The summed E-state index contributed by atoms with van der Waals surface area (Å²) >= 11 is 0. The molecule has 2 aromatic heterocycles. The lowest BCUT2D eigenvalue weighted by atomic mass is 9.67. The summed E-state index contributed by atoms with van der Waals surface area (Å²) in [7, 11) is 0. The molecular formula is C21H19N5O2. The Morgan fingerprint density at radius 2 is 2.25 bits per heavy atom. The van der Waals surface area contributed by atoms with Gasteiger partial charge in [-0.25, -0.2) is 0 Å². The molecule has 3 unspecified atom stereocenters. The molecule has 2 fully saturated rings. The third kappa shape index (κ3) is 1.99. The Bertz CT molecular complexity index is 1120. The molecule has 1 aliphatic heterocycles. The fourth-order valence-electron chi connectivity index (χ4n) is 5.21. The minimum absolute atomic E-state index is 0.0242. The van der Waals surface area contributed by atoms with E-state index >= 15 is 0 Å². The number of nitrogens with one attached hydrogen (secondary N) is 3. The van der Waals surface area contributed by atoms with Crippen molar-refractivity contribution in [1.29, 1.82) is 0 Å². The molecule has 28 heavy (non-hydrogen) atoms. The fourth-order valence-corrected chi connectivity index (χ4v) is 5.21. The highest BCUT2D eigenvalue weighted by atomic mass is 16.7. The number of pyridine rings is 1. The molecule has 7 nitrogen and oxygen atoms in total. The average Bonchev–Trinajstić information content (AvgIpc) is 3.48. The molecule has 0 spiro atoms. The molecule has 3 aromatic rings. The van der Waals surface area contributed by atoms with Crippen LogP contribution in [0, 0.1) is 11.3 Å². The van der Waals surface area contributed by atoms with Gasteiger partial charge in [0.25, 0.3) is 0 Å². The summed E-state index contributed by atoms with van der Waals surface area (Å²) in [5, 5.41) is 11.1. The zero-order valence-electron chi connectivity index (χ0n) is 15.1. The van der Waals surface area contributed by atoms with Crippen LogP contribution in [0.25, 0.3) is 10.9 Å². The first kappa shape index (κ1) is 15.8. The van der Waals surface area contributed by atoms with Crippen LogP contribution in [0.5, 0.6) is 0 Å². The third-order valence-electron chi connectivity index (χ3n) is 6.45. The topological polar surface area (TPSA) is 91.9 Å². The van der Waals surface area contributed by atoms with Crippen LogP contribution < -0.4 is 10.8 Å². The van der Waals surface area contributed by atoms with Gasteiger partial charge < -0.3 is 10.2 Å². The minimum Gasteiger partial charge on any atom is -0.411 e. The average molecular weight is 373 g/mol. The molecule has 7 heteroatoms. The van der Waals surface area contributed by atoms with Gasteiger partial charge in [0.15, 0.2) is 0 Å². The number of anilines is 1. The van der Waals surface area contributed by atoms with Gasteiger partial charge in [-0.15, -0.1) is 5.48 Å². The van der Waals surface area contributed by atoms with Crippen molar-refractivity contribution in [2.24, 2.45) is 11.3 Å². The number of aromatic nitrogens is 3. The van der Waals surface area contributed by atoms with Crippen molar-refractivity contribution in [2.75, 3.05) is 5.32 Å². The molecule has 3 atom stereocenters. The Hall–Kier alpha value is -3.19. The maximum absolute atomic E-state index is 13.8. The van der Waals surface area contributed by atoms with E-state index in [4.69, 9.17) is 4.84 Å². The number of benzene rings is 1. The largest absolute Gasteiger partial charge is 0.411 e. The van der Waals surface area contributed by atoms with Gasteiger partial charge in [0.1, 0.15) is 11.2 Å². The van der Waals surface area contributed by atoms with Gasteiger partial charge in [-0.2, -0.15) is 5.10 Å². The number of rotatable bonds is 3. The number of carbonyl (C=O) groups excluding carboxylic acids is 1. The number of hydrogen-bond donors (Lipinski definition) is 3. The van der Waals surface area contributed by atoms with Crippen LogP contribution in [0.2, 0.25) is 0 Å². The summed E-state index contributed by atoms with van der Waals surface area (Å²) in [4.78, 5) is 23.9. The zero-order chi connectivity index (χ0) is 18.7. The van der Waals surface area contributed by atoms with E-state index in [1.807, 2.05) is 36.5 Å². The van der Waals surface area contributed by atoms with E-state index in [2.05, 4.69) is 26.0 Å². The van der Waals surface area contributed by atoms with Crippen LogP contribution >= 0.6 is 0 Å². The second-order valence-electron chi connectivity index (χ2n) is 7.81. The van der Waals surface area contributed by atoms with Crippen LogP contribution in [0.3, 0.4) is 0 Å². The number of nitrogens with zero attached hydrogens (tertiary/aromatic N) is 2. The number of fused-ring (bicyclic) bond motifs is 5. The van der Waals surface area contributed by atoms with E-state index in [-0.39, 0.29) is 17.9 Å². The number of aromatic amines is 1. The smallest absolute Gasteiger partial charge is 0.240 e. The molecule has 2 bridgehead atoms. The number of H-pyrrole nitrogens is 1. The van der Waals surface area contributed by atoms with E-state index in [9.17, 15) is 4.79 Å². The van der Waals surface area contributed by atoms with Crippen molar-refractivity contribution in [3.05, 3.63) is 65.8 Å². The van der Waals surface area contributed by atoms with Crippen molar-refractivity contribution in [3.63, 3.8) is 0 Å². The number of carbonyl (C=O) groups is 1. The van der Waals surface area contributed by atoms with E-state index in [1.165, 1.54) is 5.57 Å². The maximum Gasteiger partial charge on any atom is 0.240 e. The standard InChI is InChI=1S/C21H19N5O2/c27-20(24-16-5-6-17-14(9-16)11-23-25-17)21-15-4-3-12(8-15)19(21)28-26-18(21)13-2-1-7-22-10-13/h1-2,5-7,9-11,15,18,26H,3-4,8H2,(H,23,25)(H,24,27). The minimum atomic E-state index is -0.734. The van der Waals surface area contributed by atoms with Crippen molar-refractivity contribution in [1.82, 2.24) is 20.7 Å². The Morgan fingerprint density at radius 1 is 1.29 bits per heavy atom. The fraction of sp³-hybridized carbons (Fsp3) is 0.286. The Balaban J connectivity index is 1.43. The molecule has 0 radical (unpaired) electrons. The van der Waals surface area contributed by atoms with Gasteiger partial charge in [-0.1, -0.05) is 6.07 Å². The highest BCUT2D eigenvalue weighted by molar-refractivity contribution is 6.00. The quantitative estimate of drug-likeness (QED) is 0.656. The Labute approximate surface area is 161 Å². The van der Waals surface area contributed by atoms with E-state index in [0.29, 0.717) is 0 Å². The van der Waals surface area contributed by atoms with Gasteiger partial charge in [-0.05, 0) is 60.6 Å². The first-order chi connectivity index (χ1) is 13.8. The van der Waals surface area contributed by atoms with Gasteiger partial charge in [0.05, 0.1) is 17.8 Å². The molecular weight excluding hydrogens is 354 g/mol. The summed E-state index contributed by atoms with van der Waals surface area (Å²) in [6.07, 6.45) is 8.26. The molecule has 1 amide bonds. The Kier molecular flexibility index (Phi) is 3.20. The van der Waals surface area contributed by atoms with E-state index < -0.39 is 5.41 Å². The Morgan fingerprint density at radius 3 is 3.14 bits per heavy atom. The van der Waals surface area contributed by atoms with E-state index in [1.54, 1.807) is 12.4 Å². The normalized spacial score (nSPS) is 27.9.